The lowest BCUT2D eigenvalue weighted by Crippen LogP contribution is -2.17. The molecule has 0 bridgehead atoms. The molecule has 148 valence electrons. The van der Waals surface area contributed by atoms with Gasteiger partial charge in [-0.2, -0.15) is 0 Å². The number of rotatable bonds is 6. The summed E-state index contributed by atoms with van der Waals surface area (Å²) >= 11 is 5.90. The number of carboxylic acids is 1. The predicted molar refractivity (Wildman–Crippen MR) is 110 cm³/mol. The Morgan fingerprint density at radius 2 is 1.62 bits per heavy atom. The molecule has 7 nitrogen and oxygen atoms in total. The lowest BCUT2D eigenvalue weighted by Gasteiger charge is -2.13. The largest absolute Gasteiger partial charge is 0.478 e. The number of primary amides is 1. The summed E-state index contributed by atoms with van der Waals surface area (Å²) in [5.74, 6) is -2.15. The van der Waals surface area contributed by atoms with Gasteiger partial charge in [-0.3, -0.25) is 9.52 Å². The number of hydrogen-bond donors (Lipinski definition) is 3. The van der Waals surface area contributed by atoms with Gasteiger partial charge in [0.1, 0.15) is 0 Å². The number of sulfonamides is 1. The Morgan fingerprint density at radius 1 is 0.931 bits per heavy atom. The average molecular weight is 431 g/mol. The van der Waals surface area contributed by atoms with Gasteiger partial charge >= 0.3 is 5.97 Å². The van der Waals surface area contributed by atoms with E-state index in [2.05, 4.69) is 4.72 Å². The van der Waals surface area contributed by atoms with E-state index in [1.807, 2.05) is 30.3 Å². The first-order chi connectivity index (χ1) is 13.7. The fraction of sp³-hybridized carbons (Fsp3) is 0. The quantitative estimate of drug-likeness (QED) is 0.550. The Kier molecular flexibility index (Phi) is 5.58. The minimum atomic E-state index is -4.25. The Hall–Kier alpha value is -3.36. The number of hydrogen-bond acceptors (Lipinski definition) is 4. The number of nitrogens with one attached hydrogen (secondary N) is 1. The molecule has 3 aromatic carbocycles. The van der Waals surface area contributed by atoms with Gasteiger partial charge in [0.25, 0.3) is 10.0 Å². The van der Waals surface area contributed by atoms with Gasteiger partial charge in [-0.05, 0) is 41.5 Å². The van der Waals surface area contributed by atoms with Crippen LogP contribution < -0.4 is 10.5 Å². The number of carboxylic acid groups (broad SMARTS) is 1. The standard InChI is InChI=1S/C20H15ClN2O5S/c21-15-8-14(19(22)24)9-16(11-15)29(27,28)23-18-10-13(6-7-17(18)20(25)26)12-4-2-1-3-5-12/h1-11,23H,(H2,22,24)(H,25,26). The highest BCUT2D eigenvalue weighted by atomic mass is 35.5. The van der Waals surface area contributed by atoms with Gasteiger partial charge in [0.2, 0.25) is 5.91 Å². The van der Waals surface area contributed by atoms with Crippen molar-refractivity contribution in [3.8, 4) is 11.1 Å². The van der Waals surface area contributed by atoms with Gasteiger partial charge in [-0.1, -0.05) is 48.0 Å². The Morgan fingerprint density at radius 3 is 2.24 bits per heavy atom. The third kappa shape index (κ3) is 4.56. The van der Waals surface area contributed by atoms with Crippen LogP contribution in [0.3, 0.4) is 0 Å². The van der Waals surface area contributed by atoms with Crippen molar-refractivity contribution in [2.24, 2.45) is 5.73 Å². The summed E-state index contributed by atoms with van der Waals surface area (Å²) in [6.45, 7) is 0. The molecule has 0 aliphatic rings. The second-order valence-corrected chi connectivity index (χ2v) is 8.20. The van der Waals surface area contributed by atoms with E-state index in [1.165, 1.54) is 18.2 Å². The molecule has 0 atom stereocenters. The monoisotopic (exact) mass is 430 g/mol. The topological polar surface area (TPSA) is 127 Å². The molecule has 0 aromatic heterocycles. The molecular formula is C20H15ClN2O5S. The maximum atomic E-state index is 12.8. The third-order valence-electron chi connectivity index (χ3n) is 4.07. The van der Waals surface area contributed by atoms with Gasteiger partial charge in [0.15, 0.2) is 0 Å². The Balaban J connectivity index is 2.08. The number of aromatic carboxylic acids is 1. The highest BCUT2D eigenvalue weighted by Gasteiger charge is 2.21. The van der Waals surface area contributed by atoms with E-state index < -0.39 is 21.9 Å². The molecule has 0 radical (unpaired) electrons. The van der Waals surface area contributed by atoms with Gasteiger partial charge in [0, 0.05) is 10.6 Å². The molecule has 0 unspecified atom stereocenters. The van der Waals surface area contributed by atoms with E-state index in [0.29, 0.717) is 5.56 Å². The second-order valence-electron chi connectivity index (χ2n) is 6.08. The lowest BCUT2D eigenvalue weighted by atomic mass is 10.0. The summed E-state index contributed by atoms with van der Waals surface area (Å²) in [5.41, 5.74) is 6.16. The highest BCUT2D eigenvalue weighted by molar-refractivity contribution is 7.92. The van der Waals surface area contributed by atoms with Crippen molar-refractivity contribution in [3.63, 3.8) is 0 Å². The minimum absolute atomic E-state index is 0.00170. The van der Waals surface area contributed by atoms with E-state index >= 15 is 0 Å². The molecule has 9 heteroatoms. The molecule has 3 rings (SSSR count). The lowest BCUT2D eigenvalue weighted by molar-refractivity contribution is 0.0698. The van der Waals surface area contributed by atoms with Gasteiger partial charge < -0.3 is 10.8 Å². The molecule has 0 spiro atoms. The predicted octanol–water partition coefficient (Wildman–Crippen LogP) is 3.60. The number of carbonyl (C=O) groups is 2. The number of halogens is 1. The molecule has 0 aliphatic carbocycles. The van der Waals surface area contributed by atoms with Crippen LogP contribution in [0.1, 0.15) is 20.7 Å². The summed E-state index contributed by atoms with van der Waals surface area (Å²) in [6, 6.07) is 16.8. The average Bonchev–Trinajstić information content (AvgIpc) is 2.67. The minimum Gasteiger partial charge on any atom is -0.478 e. The van der Waals surface area contributed by atoms with Crippen LogP contribution in [0.15, 0.2) is 71.6 Å². The van der Waals surface area contributed by atoms with Crippen molar-refractivity contribution in [3.05, 3.63) is 82.9 Å². The number of carbonyl (C=O) groups excluding carboxylic acids is 1. The van der Waals surface area contributed by atoms with Crippen molar-refractivity contribution in [2.75, 3.05) is 4.72 Å². The zero-order valence-electron chi connectivity index (χ0n) is 14.8. The van der Waals surface area contributed by atoms with Crippen molar-refractivity contribution in [2.45, 2.75) is 4.90 Å². The Bertz CT molecular complexity index is 1210. The van der Waals surface area contributed by atoms with Crippen LogP contribution in [0.5, 0.6) is 0 Å². The van der Waals surface area contributed by atoms with E-state index in [1.54, 1.807) is 6.07 Å². The number of benzene rings is 3. The highest BCUT2D eigenvalue weighted by Crippen LogP contribution is 2.28. The summed E-state index contributed by atoms with van der Waals surface area (Å²) < 4.78 is 27.9. The molecule has 29 heavy (non-hydrogen) atoms. The molecule has 1 amide bonds. The maximum Gasteiger partial charge on any atom is 0.337 e. The summed E-state index contributed by atoms with van der Waals surface area (Å²) in [4.78, 5) is 22.7. The van der Waals surface area contributed by atoms with Crippen molar-refractivity contribution < 1.29 is 23.1 Å². The fourth-order valence-electron chi connectivity index (χ4n) is 2.69. The van der Waals surface area contributed by atoms with Gasteiger partial charge in [0.05, 0.1) is 16.1 Å². The first-order valence-electron chi connectivity index (χ1n) is 8.23. The van der Waals surface area contributed by atoms with Crippen LogP contribution in [0.4, 0.5) is 5.69 Å². The smallest absolute Gasteiger partial charge is 0.337 e. The van der Waals surface area contributed by atoms with Gasteiger partial charge in [-0.25, -0.2) is 13.2 Å². The zero-order chi connectivity index (χ0) is 21.2. The summed E-state index contributed by atoms with van der Waals surface area (Å²) in [7, 11) is -4.25. The summed E-state index contributed by atoms with van der Waals surface area (Å²) in [6.07, 6.45) is 0. The molecule has 0 saturated carbocycles. The molecule has 4 N–H and O–H groups in total. The van der Waals surface area contributed by atoms with E-state index in [4.69, 9.17) is 17.3 Å². The molecule has 3 aromatic rings. The Labute approximate surface area is 171 Å². The number of amides is 1. The van der Waals surface area contributed by atoms with Crippen LogP contribution >= 0.6 is 11.6 Å². The SMILES string of the molecule is NC(=O)c1cc(Cl)cc(S(=O)(=O)Nc2cc(-c3ccccc3)ccc2C(=O)O)c1. The normalized spacial score (nSPS) is 11.1. The first kappa shape index (κ1) is 20.4. The molecule has 0 aliphatic heterocycles. The summed E-state index contributed by atoms with van der Waals surface area (Å²) in [5, 5.41) is 9.44. The second kappa shape index (κ2) is 7.94. The van der Waals surface area contributed by atoms with E-state index in [-0.39, 0.29) is 26.7 Å². The maximum absolute atomic E-state index is 12.8. The van der Waals surface area contributed by atoms with Crippen LogP contribution in [0.25, 0.3) is 11.1 Å². The number of nitrogens with two attached hydrogens (primary N) is 1. The van der Waals surface area contributed by atoms with Gasteiger partial charge in [-0.15, -0.1) is 0 Å². The van der Waals surface area contributed by atoms with Crippen molar-refractivity contribution in [1.29, 1.82) is 0 Å². The molecule has 0 saturated heterocycles. The van der Waals surface area contributed by atoms with Crippen LogP contribution in [0, 0.1) is 0 Å². The first-order valence-corrected chi connectivity index (χ1v) is 10.1. The third-order valence-corrected chi connectivity index (χ3v) is 5.63. The zero-order valence-corrected chi connectivity index (χ0v) is 16.4. The van der Waals surface area contributed by atoms with Crippen molar-refractivity contribution in [1.82, 2.24) is 0 Å². The fourth-order valence-corrected chi connectivity index (χ4v) is 4.13. The van der Waals surface area contributed by atoms with Crippen LogP contribution in [0.2, 0.25) is 5.02 Å². The van der Waals surface area contributed by atoms with Crippen molar-refractivity contribution >= 4 is 39.2 Å². The molecule has 0 heterocycles. The van der Waals surface area contributed by atoms with Crippen LogP contribution in [-0.4, -0.2) is 25.4 Å². The van der Waals surface area contributed by atoms with E-state index in [9.17, 15) is 23.1 Å². The van der Waals surface area contributed by atoms with Crippen LogP contribution in [-0.2, 0) is 10.0 Å². The molecular weight excluding hydrogens is 416 g/mol. The number of anilines is 1. The molecule has 0 fully saturated rings. The van der Waals surface area contributed by atoms with E-state index in [0.717, 1.165) is 17.7 Å².